The van der Waals surface area contributed by atoms with Crippen LogP contribution >= 0.6 is 11.3 Å². The first-order chi connectivity index (χ1) is 13.1. The zero-order valence-corrected chi connectivity index (χ0v) is 17.0. The Kier molecular flexibility index (Phi) is 6.24. The monoisotopic (exact) mass is 383 g/mol. The number of hydrogen-bond acceptors (Lipinski definition) is 5. The van der Waals surface area contributed by atoms with Crippen molar-refractivity contribution >= 4 is 22.4 Å². The molecule has 0 saturated heterocycles. The van der Waals surface area contributed by atoms with Crippen LogP contribution in [0.2, 0.25) is 0 Å². The number of allylic oxidation sites excluding steroid dienone is 3. The maximum Gasteiger partial charge on any atom is 0.228 e. The highest BCUT2D eigenvalue weighted by atomic mass is 32.1. The summed E-state index contributed by atoms with van der Waals surface area (Å²) >= 11 is 1.52. The lowest BCUT2D eigenvalue weighted by atomic mass is 9.99. The molecule has 1 aliphatic carbocycles. The average Bonchev–Trinajstić information content (AvgIpc) is 3.13. The molecule has 6 nitrogen and oxygen atoms in total. The molecule has 0 amide bonds. The first kappa shape index (κ1) is 19.1. The molecule has 0 atom stereocenters. The number of guanidine groups is 1. The molecule has 1 aliphatic rings. The number of rotatable bonds is 5. The van der Waals surface area contributed by atoms with Crippen LogP contribution < -0.4 is 15.4 Å². The van der Waals surface area contributed by atoms with Gasteiger partial charge in [-0.15, -0.1) is 11.3 Å². The molecule has 0 saturated carbocycles. The van der Waals surface area contributed by atoms with Crippen molar-refractivity contribution in [3.05, 3.63) is 46.7 Å². The number of pyridine rings is 1. The Balaban J connectivity index is 1.86. The predicted molar refractivity (Wildman–Crippen MR) is 112 cm³/mol. The van der Waals surface area contributed by atoms with E-state index in [9.17, 15) is 0 Å². The zero-order chi connectivity index (χ0) is 19.2. The van der Waals surface area contributed by atoms with Gasteiger partial charge in [0.15, 0.2) is 11.1 Å². The summed E-state index contributed by atoms with van der Waals surface area (Å²) in [4.78, 5) is 13.3. The molecule has 2 heterocycles. The highest BCUT2D eigenvalue weighted by Gasteiger charge is 2.17. The van der Waals surface area contributed by atoms with Crippen molar-refractivity contribution in [3.8, 4) is 17.1 Å². The third kappa shape index (κ3) is 4.54. The molecule has 2 N–H and O–H groups in total. The number of hydrogen-bond donors (Lipinski definition) is 2. The van der Waals surface area contributed by atoms with Crippen LogP contribution in [0.5, 0.6) is 5.88 Å². The van der Waals surface area contributed by atoms with Crippen LogP contribution in [0.4, 0.5) is 5.13 Å². The van der Waals surface area contributed by atoms with Gasteiger partial charge >= 0.3 is 0 Å². The molecule has 3 rings (SSSR count). The quantitative estimate of drug-likeness (QED) is 0.583. The van der Waals surface area contributed by atoms with Gasteiger partial charge in [-0.3, -0.25) is 4.99 Å². The molecule has 0 aromatic carbocycles. The normalized spacial score (nSPS) is 14.8. The van der Waals surface area contributed by atoms with Gasteiger partial charge in [-0.25, -0.2) is 9.97 Å². The lowest BCUT2D eigenvalue weighted by Crippen LogP contribution is -2.30. The Labute approximate surface area is 164 Å². The van der Waals surface area contributed by atoms with Crippen molar-refractivity contribution in [1.82, 2.24) is 15.3 Å². The van der Waals surface area contributed by atoms with Gasteiger partial charge < -0.3 is 15.4 Å². The summed E-state index contributed by atoms with van der Waals surface area (Å²) in [6.07, 6.45) is 6.04. The molecule has 2 aromatic rings. The molecular weight excluding hydrogens is 358 g/mol. The third-order valence-electron chi connectivity index (χ3n) is 4.26. The largest absolute Gasteiger partial charge is 0.438 e. The Morgan fingerprint density at radius 3 is 2.96 bits per heavy atom. The average molecular weight is 384 g/mol. The molecule has 7 heteroatoms. The topological polar surface area (TPSA) is 71.4 Å². The van der Waals surface area contributed by atoms with E-state index < -0.39 is 0 Å². The molecule has 142 valence electrons. The van der Waals surface area contributed by atoms with E-state index in [0.29, 0.717) is 11.8 Å². The van der Waals surface area contributed by atoms with Crippen molar-refractivity contribution < 1.29 is 4.74 Å². The lowest BCUT2D eigenvalue weighted by molar-refractivity contribution is 0.409. The van der Waals surface area contributed by atoms with Crippen molar-refractivity contribution in [2.45, 2.75) is 33.6 Å². The van der Waals surface area contributed by atoms with E-state index in [1.165, 1.54) is 16.9 Å². The van der Waals surface area contributed by atoms with Gasteiger partial charge in [0.25, 0.3) is 0 Å². The Morgan fingerprint density at radius 2 is 2.22 bits per heavy atom. The summed E-state index contributed by atoms with van der Waals surface area (Å²) < 4.78 is 6.22. The second kappa shape index (κ2) is 8.81. The number of anilines is 1. The zero-order valence-electron chi connectivity index (χ0n) is 16.2. The van der Waals surface area contributed by atoms with Gasteiger partial charge in [-0.2, -0.15) is 0 Å². The van der Waals surface area contributed by atoms with Crippen molar-refractivity contribution in [2.24, 2.45) is 4.99 Å². The van der Waals surface area contributed by atoms with Crippen LogP contribution in [-0.4, -0.2) is 29.5 Å². The molecule has 2 aromatic heterocycles. The molecule has 0 aliphatic heterocycles. The van der Waals surface area contributed by atoms with Gasteiger partial charge in [-0.1, -0.05) is 6.08 Å². The highest BCUT2D eigenvalue weighted by molar-refractivity contribution is 7.14. The first-order valence-electron chi connectivity index (χ1n) is 9.05. The standard InChI is InChI=1S/C20H25N5OS/c1-5-22-19(21-4)25-20-24-16(12-27-20)15-10-7-11-23-18(15)26-17-13(2)8-6-9-14(17)3/h7-8,10-12H,5-6,9H2,1-4H3,(H2,21,22,24,25). The smallest absolute Gasteiger partial charge is 0.228 e. The van der Waals surface area contributed by atoms with Crippen LogP contribution in [0.25, 0.3) is 11.3 Å². The van der Waals surface area contributed by atoms with Crippen molar-refractivity contribution in [2.75, 3.05) is 18.9 Å². The van der Waals surface area contributed by atoms with E-state index in [0.717, 1.165) is 47.1 Å². The summed E-state index contributed by atoms with van der Waals surface area (Å²) in [5, 5.41) is 9.13. The SMILES string of the molecule is CCNC(=NC)Nc1nc(-c2cccnc2OC2=C(C)CCC=C2C)cs1. The summed E-state index contributed by atoms with van der Waals surface area (Å²) in [5.41, 5.74) is 4.11. The molecule has 0 spiro atoms. The van der Waals surface area contributed by atoms with E-state index in [4.69, 9.17) is 4.74 Å². The summed E-state index contributed by atoms with van der Waals surface area (Å²) in [6, 6.07) is 3.88. The minimum Gasteiger partial charge on any atom is -0.438 e. The number of aromatic nitrogens is 2. The predicted octanol–water partition coefficient (Wildman–Crippen LogP) is 4.61. The molecule has 27 heavy (non-hydrogen) atoms. The lowest BCUT2D eigenvalue weighted by Gasteiger charge is -2.18. The molecular formula is C20H25N5OS. The number of nitrogens with zero attached hydrogens (tertiary/aromatic N) is 3. The van der Waals surface area contributed by atoms with E-state index in [2.05, 4.69) is 45.5 Å². The van der Waals surface area contributed by atoms with Crippen LogP contribution in [0.1, 0.15) is 33.6 Å². The molecule has 0 bridgehead atoms. The van der Waals surface area contributed by atoms with Crippen molar-refractivity contribution in [1.29, 1.82) is 0 Å². The van der Waals surface area contributed by atoms with Gasteiger partial charge in [0.05, 0.1) is 11.3 Å². The second-order valence-corrected chi connectivity index (χ2v) is 7.12. The van der Waals surface area contributed by atoms with Crippen LogP contribution in [0.3, 0.4) is 0 Å². The summed E-state index contributed by atoms with van der Waals surface area (Å²) in [5.74, 6) is 2.20. The Morgan fingerprint density at radius 1 is 1.37 bits per heavy atom. The maximum atomic E-state index is 6.22. The molecule has 0 fully saturated rings. The van der Waals surface area contributed by atoms with Gasteiger partial charge in [0.1, 0.15) is 5.76 Å². The Bertz CT molecular complexity index is 897. The van der Waals surface area contributed by atoms with Gasteiger partial charge in [-0.05, 0) is 56.9 Å². The first-order valence-corrected chi connectivity index (χ1v) is 9.93. The van der Waals surface area contributed by atoms with Gasteiger partial charge in [0, 0.05) is 25.2 Å². The fraction of sp³-hybridized carbons (Fsp3) is 0.350. The second-order valence-electron chi connectivity index (χ2n) is 6.26. The molecule has 0 unspecified atom stereocenters. The van der Waals surface area contributed by atoms with E-state index >= 15 is 0 Å². The van der Waals surface area contributed by atoms with E-state index in [1.807, 2.05) is 24.4 Å². The summed E-state index contributed by atoms with van der Waals surface area (Å²) in [7, 11) is 1.74. The molecule has 0 radical (unpaired) electrons. The van der Waals surface area contributed by atoms with Crippen LogP contribution in [-0.2, 0) is 0 Å². The number of thiazole rings is 1. The van der Waals surface area contributed by atoms with Crippen molar-refractivity contribution in [3.63, 3.8) is 0 Å². The van der Waals surface area contributed by atoms with Crippen LogP contribution in [0.15, 0.2) is 51.7 Å². The van der Waals surface area contributed by atoms with E-state index in [-0.39, 0.29) is 0 Å². The number of ether oxygens (including phenoxy) is 1. The van der Waals surface area contributed by atoms with E-state index in [1.54, 1.807) is 13.2 Å². The Hall–Kier alpha value is -2.67. The minimum atomic E-state index is 0.578. The number of aliphatic imine (C=N–C) groups is 1. The minimum absolute atomic E-state index is 0.578. The maximum absolute atomic E-state index is 6.22. The van der Waals surface area contributed by atoms with Crippen LogP contribution in [0, 0.1) is 0 Å². The summed E-state index contributed by atoms with van der Waals surface area (Å²) in [6.45, 7) is 7.01. The third-order valence-corrected chi connectivity index (χ3v) is 5.02. The van der Waals surface area contributed by atoms with Gasteiger partial charge in [0.2, 0.25) is 5.88 Å². The number of nitrogens with one attached hydrogen (secondary N) is 2. The fourth-order valence-electron chi connectivity index (χ4n) is 2.88. The highest BCUT2D eigenvalue weighted by Crippen LogP contribution is 2.34. The fourth-order valence-corrected chi connectivity index (χ4v) is 3.59.